The van der Waals surface area contributed by atoms with E-state index < -0.39 is 0 Å². The Kier molecular flexibility index (Phi) is 1.58. The molecule has 0 bridgehead atoms. The van der Waals surface area contributed by atoms with E-state index in [9.17, 15) is 0 Å². The van der Waals surface area contributed by atoms with Crippen LogP contribution < -0.4 is 0 Å². The third kappa shape index (κ3) is 1.33. The van der Waals surface area contributed by atoms with Gasteiger partial charge in [0.15, 0.2) is 0 Å². The van der Waals surface area contributed by atoms with Gasteiger partial charge in [0.2, 0.25) is 0 Å². The molecule has 0 unspecified atom stereocenters. The Morgan fingerprint density at radius 2 is 2.33 bits per heavy atom. The first-order valence-corrected chi connectivity index (χ1v) is 3.00. The quantitative estimate of drug-likeness (QED) is 0.597. The highest BCUT2D eigenvalue weighted by atomic mass is 16.3. The van der Waals surface area contributed by atoms with E-state index >= 15 is 0 Å². The Morgan fingerprint density at radius 3 is 2.56 bits per heavy atom. The summed E-state index contributed by atoms with van der Waals surface area (Å²) in [4.78, 5) is 0. The zero-order valence-electron chi connectivity index (χ0n) is 5.70. The lowest BCUT2D eigenvalue weighted by molar-refractivity contribution is 0.199. The van der Waals surface area contributed by atoms with Gasteiger partial charge in [-0.3, -0.25) is 0 Å². The lowest BCUT2D eigenvalue weighted by atomic mass is 10.2. The van der Waals surface area contributed by atoms with Gasteiger partial charge in [0.1, 0.15) is 0 Å². The smallest absolute Gasteiger partial charge is 0.0776 e. The first-order chi connectivity index (χ1) is 4.20. The summed E-state index contributed by atoms with van der Waals surface area (Å²) in [7, 11) is 1.94. The van der Waals surface area contributed by atoms with E-state index in [0.717, 1.165) is 5.56 Å². The van der Waals surface area contributed by atoms with Crippen LogP contribution in [-0.4, -0.2) is 9.67 Å². The largest absolute Gasteiger partial charge is 0.389 e. The van der Waals surface area contributed by atoms with Crippen molar-refractivity contribution >= 4 is 0 Å². The van der Waals surface area contributed by atoms with Gasteiger partial charge in [0, 0.05) is 19.4 Å². The molecule has 0 aliphatic heterocycles. The van der Waals surface area contributed by atoms with E-state index in [-0.39, 0.29) is 6.10 Å². The van der Waals surface area contributed by atoms with Crippen LogP contribution in [0, 0.1) is 0 Å². The minimum absolute atomic E-state index is 0.341. The maximum atomic E-state index is 9.02. The van der Waals surface area contributed by atoms with E-state index in [1.807, 2.05) is 30.1 Å². The van der Waals surface area contributed by atoms with Crippen LogP contribution in [0.15, 0.2) is 18.5 Å². The molecule has 1 N–H and O–H groups in total. The molecule has 0 saturated carbocycles. The molecular formula is C7H11NO. The summed E-state index contributed by atoms with van der Waals surface area (Å²) in [5.74, 6) is 0. The molecule has 0 radical (unpaired) electrons. The van der Waals surface area contributed by atoms with Crippen molar-refractivity contribution in [1.82, 2.24) is 4.57 Å². The number of aliphatic hydroxyl groups excluding tert-OH is 1. The highest BCUT2D eigenvalue weighted by molar-refractivity contribution is 5.11. The van der Waals surface area contributed by atoms with E-state index in [0.29, 0.717) is 0 Å². The number of hydrogen-bond donors (Lipinski definition) is 1. The van der Waals surface area contributed by atoms with Crippen molar-refractivity contribution in [2.75, 3.05) is 0 Å². The predicted octanol–water partition coefficient (Wildman–Crippen LogP) is 1.08. The van der Waals surface area contributed by atoms with E-state index in [1.54, 1.807) is 6.92 Å². The van der Waals surface area contributed by atoms with Crippen LogP contribution >= 0.6 is 0 Å². The summed E-state index contributed by atoms with van der Waals surface area (Å²) < 4.78 is 1.92. The van der Waals surface area contributed by atoms with Crippen molar-refractivity contribution < 1.29 is 5.11 Å². The Bertz CT molecular complexity index is 191. The third-order valence-corrected chi connectivity index (χ3v) is 1.34. The molecule has 2 heteroatoms. The minimum atomic E-state index is -0.341. The standard InChI is InChI=1S/C7H11NO/c1-6(9)7-3-4-8(2)5-7/h3-6,9H,1-2H3/t6-/m0/s1. The van der Waals surface area contributed by atoms with Crippen molar-refractivity contribution in [2.24, 2.45) is 7.05 Å². The second-order valence-electron chi connectivity index (χ2n) is 2.29. The number of rotatable bonds is 1. The molecule has 0 saturated heterocycles. The first-order valence-electron chi connectivity index (χ1n) is 3.00. The van der Waals surface area contributed by atoms with Crippen LogP contribution in [0.2, 0.25) is 0 Å². The third-order valence-electron chi connectivity index (χ3n) is 1.34. The van der Waals surface area contributed by atoms with Crippen molar-refractivity contribution in [1.29, 1.82) is 0 Å². The van der Waals surface area contributed by atoms with Gasteiger partial charge in [-0.2, -0.15) is 0 Å². The number of hydrogen-bond acceptors (Lipinski definition) is 1. The van der Waals surface area contributed by atoms with Crippen LogP contribution in [0.1, 0.15) is 18.6 Å². The van der Waals surface area contributed by atoms with E-state index in [1.165, 1.54) is 0 Å². The van der Waals surface area contributed by atoms with Crippen molar-refractivity contribution in [2.45, 2.75) is 13.0 Å². The van der Waals surface area contributed by atoms with Crippen LogP contribution in [-0.2, 0) is 7.05 Å². The van der Waals surface area contributed by atoms with Gasteiger partial charge >= 0.3 is 0 Å². The second kappa shape index (κ2) is 2.23. The maximum Gasteiger partial charge on any atom is 0.0776 e. The molecule has 0 aliphatic carbocycles. The molecule has 0 aliphatic rings. The molecule has 1 aromatic rings. The monoisotopic (exact) mass is 125 g/mol. The predicted molar refractivity (Wildman–Crippen MR) is 36.0 cm³/mol. The SMILES string of the molecule is C[C@H](O)c1ccn(C)c1. The lowest BCUT2D eigenvalue weighted by Crippen LogP contribution is -1.87. The van der Waals surface area contributed by atoms with Crippen molar-refractivity contribution in [3.05, 3.63) is 24.0 Å². The molecule has 0 aromatic carbocycles. The van der Waals surface area contributed by atoms with E-state index in [2.05, 4.69) is 0 Å². The van der Waals surface area contributed by atoms with Gasteiger partial charge in [-0.15, -0.1) is 0 Å². The van der Waals surface area contributed by atoms with Gasteiger partial charge in [-0.25, -0.2) is 0 Å². The van der Waals surface area contributed by atoms with Crippen molar-refractivity contribution in [3.8, 4) is 0 Å². The molecule has 2 nitrogen and oxygen atoms in total. The zero-order chi connectivity index (χ0) is 6.85. The molecule has 9 heavy (non-hydrogen) atoms. The van der Waals surface area contributed by atoms with Gasteiger partial charge in [0.05, 0.1) is 6.10 Å². The zero-order valence-corrected chi connectivity index (χ0v) is 5.70. The van der Waals surface area contributed by atoms with Gasteiger partial charge in [0.25, 0.3) is 0 Å². The fourth-order valence-corrected chi connectivity index (χ4v) is 0.772. The fraction of sp³-hybridized carbons (Fsp3) is 0.429. The normalized spacial score (nSPS) is 13.7. The molecule has 0 spiro atoms. The van der Waals surface area contributed by atoms with Gasteiger partial charge in [-0.1, -0.05) is 0 Å². The number of aromatic nitrogens is 1. The molecule has 50 valence electrons. The van der Waals surface area contributed by atoms with E-state index in [4.69, 9.17) is 5.11 Å². The molecular weight excluding hydrogens is 114 g/mol. The average molecular weight is 125 g/mol. The summed E-state index contributed by atoms with van der Waals surface area (Å²) in [5, 5.41) is 9.02. The summed E-state index contributed by atoms with van der Waals surface area (Å²) >= 11 is 0. The number of aryl methyl sites for hydroxylation is 1. The van der Waals surface area contributed by atoms with Crippen LogP contribution in [0.25, 0.3) is 0 Å². The molecule has 1 rings (SSSR count). The van der Waals surface area contributed by atoms with Crippen LogP contribution in [0.4, 0.5) is 0 Å². The van der Waals surface area contributed by atoms with Gasteiger partial charge in [-0.05, 0) is 18.6 Å². The molecule has 0 fully saturated rings. The summed E-state index contributed by atoms with van der Waals surface area (Å²) in [6.45, 7) is 1.76. The lowest BCUT2D eigenvalue weighted by Gasteiger charge is -1.96. The van der Waals surface area contributed by atoms with Crippen molar-refractivity contribution in [3.63, 3.8) is 0 Å². The first kappa shape index (κ1) is 6.36. The minimum Gasteiger partial charge on any atom is -0.389 e. The topological polar surface area (TPSA) is 25.2 Å². The average Bonchev–Trinajstić information content (AvgIpc) is 2.14. The van der Waals surface area contributed by atoms with Crippen LogP contribution in [0.3, 0.4) is 0 Å². The molecule has 1 heterocycles. The summed E-state index contributed by atoms with van der Waals surface area (Å²) in [5.41, 5.74) is 0.970. The Morgan fingerprint density at radius 1 is 1.67 bits per heavy atom. The Hall–Kier alpha value is -0.760. The molecule has 1 atom stereocenters. The second-order valence-corrected chi connectivity index (χ2v) is 2.29. The summed E-state index contributed by atoms with van der Waals surface area (Å²) in [6.07, 6.45) is 3.48. The number of nitrogens with zero attached hydrogens (tertiary/aromatic N) is 1. The fourth-order valence-electron chi connectivity index (χ4n) is 0.772. The molecule has 1 aromatic heterocycles. The maximum absolute atomic E-state index is 9.02. The summed E-state index contributed by atoms with van der Waals surface area (Å²) in [6, 6.07) is 1.91. The van der Waals surface area contributed by atoms with Crippen LogP contribution in [0.5, 0.6) is 0 Å². The Balaban J connectivity index is 2.85. The number of aliphatic hydroxyl groups is 1. The Labute approximate surface area is 54.7 Å². The highest BCUT2D eigenvalue weighted by Gasteiger charge is 1.98. The highest BCUT2D eigenvalue weighted by Crippen LogP contribution is 2.10. The molecule has 0 amide bonds. The van der Waals surface area contributed by atoms with Gasteiger partial charge < -0.3 is 9.67 Å².